The van der Waals surface area contributed by atoms with Crippen molar-refractivity contribution in [2.75, 3.05) is 5.75 Å². The molecule has 0 spiro atoms. The van der Waals surface area contributed by atoms with Gasteiger partial charge in [-0.05, 0) is 12.1 Å². The molecule has 30 heavy (non-hydrogen) atoms. The highest BCUT2D eigenvalue weighted by molar-refractivity contribution is 8.00. The Labute approximate surface area is 170 Å². The van der Waals surface area contributed by atoms with Gasteiger partial charge in [0.1, 0.15) is 10.7 Å². The lowest BCUT2D eigenvalue weighted by Gasteiger charge is -2.12. The Hall–Kier alpha value is -2.35. The molecular weight excluding hydrogens is 458 g/mol. The van der Waals surface area contributed by atoms with E-state index in [1.807, 2.05) is 0 Å². The predicted octanol–water partition coefficient (Wildman–Crippen LogP) is 4.45. The maximum atomic E-state index is 13.1. The molecule has 0 aliphatic rings. The van der Waals surface area contributed by atoms with Crippen molar-refractivity contribution >= 4 is 32.6 Å². The van der Waals surface area contributed by atoms with Gasteiger partial charge in [-0.1, -0.05) is 6.92 Å². The zero-order valence-corrected chi connectivity index (χ0v) is 16.8. The number of thioether (sulfide) groups is 1. The number of hydrogen-bond acceptors (Lipinski definition) is 6. The maximum Gasteiger partial charge on any atom is 0.447 e. The number of sulfone groups is 1. The number of alkyl halides is 6. The minimum Gasteiger partial charge on any atom is -0.324 e. The first-order valence-corrected chi connectivity index (χ1v) is 10.6. The number of nitrogens with zero attached hydrogens (tertiary/aromatic N) is 4. The van der Waals surface area contributed by atoms with Gasteiger partial charge in [0.25, 0.3) is 0 Å². The van der Waals surface area contributed by atoms with E-state index in [-0.39, 0.29) is 27.6 Å². The van der Waals surface area contributed by atoms with Crippen LogP contribution < -0.4 is 0 Å². The van der Waals surface area contributed by atoms with Gasteiger partial charge in [-0.3, -0.25) is 4.98 Å². The fourth-order valence-corrected chi connectivity index (χ4v) is 4.19. The Morgan fingerprint density at radius 1 is 1.07 bits per heavy atom. The van der Waals surface area contributed by atoms with Crippen LogP contribution in [0.1, 0.15) is 12.5 Å². The summed E-state index contributed by atoms with van der Waals surface area (Å²) in [5.74, 6) is -0.609. The molecule has 0 aliphatic heterocycles. The molecule has 3 aromatic rings. The van der Waals surface area contributed by atoms with Crippen molar-refractivity contribution in [2.24, 2.45) is 7.05 Å². The van der Waals surface area contributed by atoms with Crippen molar-refractivity contribution in [3.63, 3.8) is 0 Å². The van der Waals surface area contributed by atoms with E-state index < -0.39 is 49.5 Å². The first kappa shape index (κ1) is 22.3. The van der Waals surface area contributed by atoms with Crippen molar-refractivity contribution in [1.29, 1.82) is 0 Å². The highest BCUT2D eigenvalue weighted by atomic mass is 32.2. The Morgan fingerprint density at radius 3 is 2.30 bits per heavy atom. The first-order valence-electron chi connectivity index (χ1n) is 8.11. The minimum atomic E-state index is -4.82. The molecular formula is C16H12F6N4O2S2. The molecule has 0 N–H and O–H groups in total. The largest absolute Gasteiger partial charge is 0.447 e. The average molecular weight is 470 g/mol. The predicted molar refractivity (Wildman–Crippen MR) is 96.4 cm³/mol. The summed E-state index contributed by atoms with van der Waals surface area (Å²) in [6, 6.07) is 1.53. The highest BCUT2D eigenvalue weighted by Crippen LogP contribution is 2.38. The van der Waals surface area contributed by atoms with Gasteiger partial charge in [0, 0.05) is 25.0 Å². The molecule has 0 bridgehead atoms. The van der Waals surface area contributed by atoms with E-state index in [4.69, 9.17) is 0 Å². The number of rotatable bonds is 4. The lowest BCUT2D eigenvalue weighted by Crippen LogP contribution is -2.13. The second-order valence-corrected chi connectivity index (χ2v) is 9.36. The molecule has 14 heteroatoms. The molecule has 0 unspecified atom stereocenters. The standard InChI is InChI=1S/C16H12F6N4O2S2/c1-3-30(27,28)11-4-8(15(17,18)19)6-24-13(11)14-25-9-5-12(29-16(20,21)22)23-7-10(9)26(14)2/h4-7H,3H2,1-2H3. The van der Waals surface area contributed by atoms with Gasteiger partial charge in [-0.2, -0.15) is 26.3 Å². The van der Waals surface area contributed by atoms with Crippen LogP contribution in [0.2, 0.25) is 0 Å². The third-order valence-electron chi connectivity index (χ3n) is 4.07. The van der Waals surface area contributed by atoms with E-state index in [1.54, 1.807) is 0 Å². The number of halogens is 6. The summed E-state index contributed by atoms with van der Waals surface area (Å²) < 4.78 is 103. The molecule has 3 heterocycles. The lowest BCUT2D eigenvalue weighted by atomic mass is 10.2. The van der Waals surface area contributed by atoms with Crippen LogP contribution in [0.4, 0.5) is 26.3 Å². The number of aromatic nitrogens is 4. The van der Waals surface area contributed by atoms with Crippen molar-refractivity contribution in [3.05, 3.63) is 30.1 Å². The topological polar surface area (TPSA) is 77.7 Å². The molecule has 3 aromatic heterocycles. The molecule has 0 saturated heterocycles. The van der Waals surface area contributed by atoms with E-state index >= 15 is 0 Å². The zero-order chi connectivity index (χ0) is 22.5. The Bertz CT molecular complexity index is 1220. The first-order chi connectivity index (χ1) is 13.7. The smallest absolute Gasteiger partial charge is 0.324 e. The lowest BCUT2D eigenvalue weighted by molar-refractivity contribution is -0.138. The number of hydrogen-bond donors (Lipinski definition) is 0. The van der Waals surface area contributed by atoms with Crippen LogP contribution in [0.25, 0.3) is 22.6 Å². The van der Waals surface area contributed by atoms with Crippen molar-refractivity contribution in [2.45, 2.75) is 28.5 Å². The van der Waals surface area contributed by atoms with Gasteiger partial charge in [0.05, 0.1) is 33.4 Å². The minimum absolute atomic E-state index is 0.0517. The number of imidazole rings is 1. The summed E-state index contributed by atoms with van der Waals surface area (Å²) in [6.07, 6.45) is -3.23. The van der Waals surface area contributed by atoms with Crippen LogP contribution in [0.3, 0.4) is 0 Å². The van der Waals surface area contributed by atoms with Gasteiger partial charge < -0.3 is 4.57 Å². The Balaban J connectivity index is 2.23. The molecule has 0 atom stereocenters. The van der Waals surface area contributed by atoms with Gasteiger partial charge >= 0.3 is 11.7 Å². The SMILES string of the molecule is CCS(=O)(=O)c1cc(C(F)(F)F)cnc1-c1nc2cc(SC(F)(F)F)ncc2n1C. The summed E-state index contributed by atoms with van der Waals surface area (Å²) in [4.78, 5) is 10.8. The molecule has 3 rings (SSSR count). The van der Waals surface area contributed by atoms with E-state index in [0.29, 0.717) is 12.3 Å². The van der Waals surface area contributed by atoms with Gasteiger partial charge in [0.15, 0.2) is 15.7 Å². The molecule has 0 aliphatic carbocycles. The molecule has 6 nitrogen and oxygen atoms in total. The third-order valence-corrected chi connectivity index (χ3v) is 6.47. The average Bonchev–Trinajstić information content (AvgIpc) is 2.95. The molecule has 0 amide bonds. The van der Waals surface area contributed by atoms with Gasteiger partial charge in [-0.25, -0.2) is 18.4 Å². The van der Waals surface area contributed by atoms with Crippen LogP contribution in [-0.2, 0) is 23.1 Å². The Morgan fingerprint density at radius 2 is 1.73 bits per heavy atom. The van der Waals surface area contributed by atoms with Gasteiger partial charge in [-0.15, -0.1) is 0 Å². The van der Waals surface area contributed by atoms with E-state index in [1.165, 1.54) is 18.5 Å². The fourth-order valence-electron chi connectivity index (χ4n) is 2.62. The molecule has 0 radical (unpaired) electrons. The van der Waals surface area contributed by atoms with Crippen LogP contribution in [0.15, 0.2) is 34.4 Å². The van der Waals surface area contributed by atoms with Gasteiger partial charge in [0.2, 0.25) is 0 Å². The summed E-state index contributed by atoms with van der Waals surface area (Å²) in [6.45, 7) is 1.26. The number of pyridine rings is 2. The van der Waals surface area contributed by atoms with Crippen molar-refractivity contribution in [3.8, 4) is 11.5 Å². The molecule has 0 aromatic carbocycles. The fraction of sp³-hybridized carbons (Fsp3) is 0.312. The summed E-state index contributed by atoms with van der Waals surface area (Å²) in [5, 5.41) is -0.388. The molecule has 0 saturated carbocycles. The van der Waals surface area contributed by atoms with Crippen molar-refractivity contribution in [1.82, 2.24) is 19.5 Å². The number of aryl methyl sites for hydroxylation is 1. The Kier molecular flexibility index (Phi) is 5.52. The van der Waals surface area contributed by atoms with Crippen LogP contribution in [-0.4, -0.2) is 39.2 Å². The monoisotopic (exact) mass is 470 g/mol. The van der Waals surface area contributed by atoms with E-state index in [9.17, 15) is 34.8 Å². The van der Waals surface area contributed by atoms with Crippen molar-refractivity contribution < 1.29 is 34.8 Å². The van der Waals surface area contributed by atoms with Crippen LogP contribution in [0.5, 0.6) is 0 Å². The third kappa shape index (κ3) is 4.38. The maximum absolute atomic E-state index is 13.1. The van der Waals surface area contributed by atoms with E-state index in [0.717, 1.165) is 12.3 Å². The summed E-state index contributed by atoms with van der Waals surface area (Å²) in [7, 11) is -2.71. The second-order valence-electron chi connectivity index (χ2n) is 6.03. The zero-order valence-electron chi connectivity index (χ0n) is 15.2. The quantitative estimate of drug-likeness (QED) is 0.414. The van der Waals surface area contributed by atoms with Crippen LogP contribution >= 0.6 is 11.8 Å². The highest BCUT2D eigenvalue weighted by Gasteiger charge is 2.34. The summed E-state index contributed by atoms with van der Waals surface area (Å²) >= 11 is -0.455. The normalized spacial score (nSPS) is 13.2. The van der Waals surface area contributed by atoms with Crippen LogP contribution in [0, 0.1) is 0 Å². The molecule has 0 fully saturated rings. The van der Waals surface area contributed by atoms with E-state index in [2.05, 4.69) is 15.0 Å². The molecule has 162 valence electrons. The second kappa shape index (κ2) is 7.41. The summed E-state index contributed by atoms with van der Waals surface area (Å²) in [5.41, 5.74) is -5.86. The number of fused-ring (bicyclic) bond motifs is 1.